The van der Waals surface area contributed by atoms with E-state index in [0.717, 1.165) is 0 Å². The van der Waals surface area contributed by atoms with Crippen LogP contribution in [0, 0.1) is 11.3 Å². The van der Waals surface area contributed by atoms with E-state index in [1.165, 1.54) is 0 Å². The van der Waals surface area contributed by atoms with Gasteiger partial charge in [0.1, 0.15) is 42.2 Å². The Bertz CT molecular complexity index is 988. The van der Waals surface area contributed by atoms with Crippen LogP contribution < -0.4 is 0 Å². The van der Waals surface area contributed by atoms with E-state index in [4.69, 9.17) is 23.7 Å². The van der Waals surface area contributed by atoms with Crippen molar-refractivity contribution < 1.29 is 54.0 Å². The molecular formula is C23H28O11. The lowest BCUT2D eigenvalue weighted by molar-refractivity contribution is -0.424. The van der Waals surface area contributed by atoms with Gasteiger partial charge >= 0.3 is 5.97 Å². The summed E-state index contributed by atoms with van der Waals surface area (Å²) in [7, 11) is 0. The second-order valence-electron chi connectivity index (χ2n) is 10.2. The van der Waals surface area contributed by atoms with E-state index in [1.54, 1.807) is 37.3 Å². The number of hydrogen-bond donors (Lipinski definition) is 5. The Kier molecular flexibility index (Phi) is 4.81. The Morgan fingerprint density at radius 2 is 1.85 bits per heavy atom. The summed E-state index contributed by atoms with van der Waals surface area (Å²) in [6.45, 7) is 0.985. The predicted molar refractivity (Wildman–Crippen MR) is 109 cm³/mol. The molecule has 11 heteroatoms. The van der Waals surface area contributed by atoms with E-state index in [2.05, 4.69) is 0 Å². The summed E-state index contributed by atoms with van der Waals surface area (Å²) in [6.07, 6.45) is -7.87. The molecule has 3 aliphatic carbocycles. The fraction of sp³-hybridized carbons (Fsp3) is 0.696. The molecule has 0 spiro atoms. The molecule has 7 fully saturated rings. The van der Waals surface area contributed by atoms with Crippen molar-refractivity contribution in [3.63, 3.8) is 0 Å². The van der Waals surface area contributed by atoms with Crippen LogP contribution in [0.15, 0.2) is 30.3 Å². The summed E-state index contributed by atoms with van der Waals surface area (Å²) in [6, 6.07) is 8.47. The highest BCUT2D eigenvalue weighted by molar-refractivity contribution is 5.89. The third-order valence-electron chi connectivity index (χ3n) is 8.57. The van der Waals surface area contributed by atoms with E-state index in [-0.39, 0.29) is 19.4 Å². The summed E-state index contributed by atoms with van der Waals surface area (Å²) < 4.78 is 29.7. The summed E-state index contributed by atoms with van der Waals surface area (Å²) >= 11 is 0. The molecule has 4 aliphatic heterocycles. The molecule has 186 valence electrons. The molecule has 5 N–H and O–H groups in total. The average molecular weight is 480 g/mol. The highest BCUT2D eigenvalue weighted by Gasteiger charge is 2.94. The zero-order valence-corrected chi connectivity index (χ0v) is 18.4. The Morgan fingerprint density at radius 3 is 2.56 bits per heavy atom. The molecule has 4 saturated heterocycles. The Hall–Kier alpha value is -1.67. The molecule has 0 amide bonds. The maximum Gasteiger partial charge on any atom is 0.338 e. The second kappa shape index (κ2) is 7.19. The van der Waals surface area contributed by atoms with Crippen molar-refractivity contribution in [2.75, 3.05) is 13.2 Å². The van der Waals surface area contributed by atoms with Gasteiger partial charge in [0.25, 0.3) is 0 Å². The van der Waals surface area contributed by atoms with Gasteiger partial charge in [0.2, 0.25) is 0 Å². The predicted octanol–water partition coefficient (Wildman–Crippen LogP) is -1.36. The Balaban J connectivity index is 1.32. The first-order valence-corrected chi connectivity index (χ1v) is 11.4. The number of aliphatic hydroxyl groups excluding tert-OH is 4. The zero-order chi connectivity index (χ0) is 24.1. The van der Waals surface area contributed by atoms with Gasteiger partial charge in [-0.2, -0.15) is 0 Å². The van der Waals surface area contributed by atoms with Crippen LogP contribution in [0.3, 0.4) is 0 Å². The molecule has 6 bridgehead atoms. The first-order valence-electron chi connectivity index (χ1n) is 11.4. The minimum atomic E-state index is -1.61. The molecule has 4 heterocycles. The van der Waals surface area contributed by atoms with Gasteiger partial charge < -0.3 is 49.2 Å². The number of carbonyl (C=O) groups excluding carboxylic acids is 1. The molecule has 1 aromatic rings. The van der Waals surface area contributed by atoms with Crippen molar-refractivity contribution in [2.45, 2.75) is 73.8 Å². The smallest absolute Gasteiger partial charge is 0.338 e. The van der Waals surface area contributed by atoms with Gasteiger partial charge in [0, 0.05) is 12.3 Å². The monoisotopic (exact) mass is 480 g/mol. The van der Waals surface area contributed by atoms with Crippen LogP contribution in [-0.4, -0.2) is 98.7 Å². The summed E-state index contributed by atoms with van der Waals surface area (Å²) in [5.74, 6) is -2.49. The fourth-order valence-corrected chi connectivity index (χ4v) is 6.87. The lowest BCUT2D eigenvalue weighted by Crippen LogP contribution is -2.80. The van der Waals surface area contributed by atoms with Crippen LogP contribution in [0.5, 0.6) is 0 Å². The van der Waals surface area contributed by atoms with Crippen molar-refractivity contribution in [1.82, 2.24) is 0 Å². The number of esters is 1. The molecule has 7 aliphatic rings. The van der Waals surface area contributed by atoms with Gasteiger partial charge in [0.15, 0.2) is 18.4 Å². The first kappa shape index (κ1) is 22.8. The van der Waals surface area contributed by atoms with E-state index >= 15 is 0 Å². The van der Waals surface area contributed by atoms with Gasteiger partial charge in [-0.15, -0.1) is 0 Å². The number of benzene rings is 1. The maximum atomic E-state index is 12.7. The highest BCUT2D eigenvalue weighted by atomic mass is 16.8. The SMILES string of the molecule is C[C@]12C[C@@]3(O)O[C@@H](O1)[C@]1(COC(=O)c4ccccc4)[C@H]3C[C@@]12OC1OC(CO)C(O)C(O)C1O. The lowest BCUT2D eigenvalue weighted by atomic mass is 9.41. The Labute approximate surface area is 194 Å². The topological polar surface area (TPSA) is 164 Å². The molecular weight excluding hydrogens is 452 g/mol. The average Bonchev–Trinajstić information content (AvgIpc) is 3.00. The van der Waals surface area contributed by atoms with Crippen LogP contribution in [0.25, 0.3) is 0 Å². The molecule has 34 heavy (non-hydrogen) atoms. The molecule has 0 aromatic heterocycles. The molecule has 11 nitrogen and oxygen atoms in total. The van der Waals surface area contributed by atoms with Crippen molar-refractivity contribution >= 4 is 5.97 Å². The molecule has 0 radical (unpaired) electrons. The third kappa shape index (κ3) is 2.59. The van der Waals surface area contributed by atoms with Crippen LogP contribution in [0.4, 0.5) is 0 Å². The zero-order valence-electron chi connectivity index (χ0n) is 18.4. The number of aliphatic hydroxyl groups is 5. The van der Waals surface area contributed by atoms with Gasteiger partial charge in [-0.05, 0) is 25.5 Å². The largest absolute Gasteiger partial charge is 0.461 e. The van der Waals surface area contributed by atoms with Crippen LogP contribution in [-0.2, 0) is 23.7 Å². The minimum Gasteiger partial charge on any atom is -0.461 e. The Morgan fingerprint density at radius 1 is 1.12 bits per heavy atom. The number of ether oxygens (including phenoxy) is 5. The minimum absolute atomic E-state index is 0.0902. The van der Waals surface area contributed by atoms with E-state index in [1.807, 2.05) is 0 Å². The molecule has 11 atom stereocenters. The van der Waals surface area contributed by atoms with Crippen molar-refractivity contribution in [3.05, 3.63) is 35.9 Å². The van der Waals surface area contributed by atoms with Gasteiger partial charge in [-0.25, -0.2) is 4.79 Å². The third-order valence-corrected chi connectivity index (χ3v) is 8.57. The summed E-state index contributed by atoms with van der Waals surface area (Å²) in [5.41, 5.74) is -2.99. The number of rotatable bonds is 6. The molecule has 5 unspecified atom stereocenters. The van der Waals surface area contributed by atoms with Crippen molar-refractivity contribution in [1.29, 1.82) is 0 Å². The van der Waals surface area contributed by atoms with Gasteiger partial charge in [-0.1, -0.05) is 18.2 Å². The molecule has 8 rings (SSSR count). The normalized spacial score (nSPS) is 52.5. The summed E-state index contributed by atoms with van der Waals surface area (Å²) in [5, 5.41) is 51.7. The highest BCUT2D eigenvalue weighted by Crippen LogP contribution is 2.81. The van der Waals surface area contributed by atoms with Gasteiger partial charge in [0.05, 0.1) is 17.6 Å². The van der Waals surface area contributed by atoms with Crippen LogP contribution in [0.1, 0.15) is 30.1 Å². The lowest BCUT2D eigenvalue weighted by Gasteiger charge is -2.67. The quantitative estimate of drug-likeness (QED) is 0.306. The molecule has 3 saturated carbocycles. The summed E-state index contributed by atoms with van der Waals surface area (Å²) in [4.78, 5) is 12.7. The first-order chi connectivity index (χ1) is 16.1. The van der Waals surface area contributed by atoms with Gasteiger partial charge in [-0.3, -0.25) is 0 Å². The second-order valence-corrected chi connectivity index (χ2v) is 10.2. The van der Waals surface area contributed by atoms with Crippen LogP contribution >= 0.6 is 0 Å². The van der Waals surface area contributed by atoms with Crippen LogP contribution in [0.2, 0.25) is 0 Å². The molecule has 1 aromatic carbocycles. The van der Waals surface area contributed by atoms with E-state index in [9.17, 15) is 30.3 Å². The number of carbonyl (C=O) groups is 1. The number of hydrogen-bond acceptors (Lipinski definition) is 11. The maximum absolute atomic E-state index is 12.7. The van der Waals surface area contributed by atoms with Crippen molar-refractivity contribution in [2.24, 2.45) is 11.3 Å². The fourth-order valence-electron chi connectivity index (χ4n) is 6.87. The van der Waals surface area contributed by atoms with E-state index < -0.39 is 77.9 Å². The van der Waals surface area contributed by atoms with Crippen molar-refractivity contribution in [3.8, 4) is 0 Å². The van der Waals surface area contributed by atoms with E-state index in [0.29, 0.717) is 5.56 Å². The standard InChI is InChI=1S/C23H28O11/c1-20-9-22(29)13-7-23(20,32-18-16(27)15(26)14(25)12(8-24)31-18)21(13,19(33-20)34-22)10-30-17(28)11-5-3-2-4-6-11/h2-6,12-16,18-19,24-27,29H,7-10H2,1H3/t12?,13-,14?,15?,16?,18?,19-,20-,21+,22-,23+/m1/s1.